The third-order valence-electron chi connectivity index (χ3n) is 6.29. The van der Waals surface area contributed by atoms with Crippen LogP contribution in [0.15, 0.2) is 45.3 Å². The Morgan fingerprint density at radius 1 is 0.818 bits per heavy atom. The normalized spacial score (nSPS) is 16.2. The topological polar surface area (TPSA) is 57.7 Å². The third kappa shape index (κ3) is 7.03. The van der Waals surface area contributed by atoms with Gasteiger partial charge in [0.15, 0.2) is 0 Å². The molecule has 2 aromatic carbocycles. The molecule has 5 nitrogen and oxygen atoms in total. The summed E-state index contributed by atoms with van der Waals surface area (Å²) in [5.74, 6) is 0. The number of hydrogen-bond acceptors (Lipinski definition) is 4. The van der Waals surface area contributed by atoms with Gasteiger partial charge in [-0.15, -0.1) is 0 Å². The molecule has 0 amide bonds. The highest BCUT2D eigenvalue weighted by Gasteiger charge is 2.20. The number of nitrogens with two attached hydrogens (primary N) is 1. The van der Waals surface area contributed by atoms with Crippen LogP contribution in [0.25, 0.3) is 21.8 Å². The smallest absolute Gasteiger partial charge is 0.0845 e. The first-order valence-electron chi connectivity index (χ1n) is 12.2. The molecular weight excluding hydrogens is 544 g/mol. The Bertz CT molecular complexity index is 955. The third-order valence-corrected chi connectivity index (χ3v) is 7.28. The maximum Gasteiger partial charge on any atom is 0.0845 e. The lowest BCUT2D eigenvalue weighted by Crippen LogP contribution is -2.49. The highest BCUT2D eigenvalue weighted by atomic mass is 79.9. The summed E-state index contributed by atoms with van der Waals surface area (Å²) in [5.41, 5.74) is 7.91. The highest BCUT2D eigenvalue weighted by Crippen LogP contribution is 2.33. The molecule has 1 fully saturated rings. The molecule has 2 heterocycles. The number of aliphatic hydroxyl groups excluding tert-OH is 1. The molecule has 0 bridgehead atoms. The molecule has 1 unspecified atom stereocenters. The molecule has 182 valence electrons. The largest absolute Gasteiger partial charge is 0.390 e. The Morgan fingerprint density at radius 2 is 1.36 bits per heavy atom. The zero-order valence-corrected chi connectivity index (χ0v) is 23.1. The Balaban J connectivity index is 0.00000149. The van der Waals surface area contributed by atoms with E-state index < -0.39 is 6.10 Å². The van der Waals surface area contributed by atoms with Gasteiger partial charge in [0.1, 0.15) is 0 Å². The van der Waals surface area contributed by atoms with Crippen molar-refractivity contribution in [1.29, 1.82) is 0 Å². The van der Waals surface area contributed by atoms with E-state index in [1.165, 1.54) is 30.2 Å². The molecular formula is C26H38Br2N4O. The number of hydrogen-bond donors (Lipinski definition) is 2. The molecule has 1 atom stereocenters. The standard InChI is InChI=1S/C24H32Br2N4O.C2H6/c25-18-4-6-23-21(14-18)22-15-19(26)5-7-24(22)30(23)17-20(31)16-29-12-10-28(11-13-29)9-3-1-2-8-27;1-2/h4-7,14-15,20,31H,1-3,8-13,16-17,27H2;1-2H3. The van der Waals surface area contributed by atoms with Crippen LogP contribution in [0.4, 0.5) is 0 Å². The Morgan fingerprint density at radius 3 is 1.91 bits per heavy atom. The minimum atomic E-state index is -0.401. The number of β-amino-alcohol motifs (C(OH)–C–C–N with tert-alkyl or cyclic N) is 1. The average molecular weight is 582 g/mol. The monoisotopic (exact) mass is 580 g/mol. The fraction of sp³-hybridized carbons (Fsp3) is 0.538. The summed E-state index contributed by atoms with van der Waals surface area (Å²) in [4.78, 5) is 4.95. The molecule has 1 aliphatic rings. The minimum absolute atomic E-state index is 0.401. The minimum Gasteiger partial charge on any atom is -0.390 e. The number of halogens is 2. The van der Waals surface area contributed by atoms with Crippen LogP contribution < -0.4 is 5.73 Å². The van der Waals surface area contributed by atoms with Gasteiger partial charge in [-0.3, -0.25) is 4.90 Å². The first-order chi connectivity index (χ1) is 16.0. The first-order valence-corrected chi connectivity index (χ1v) is 13.8. The molecule has 0 radical (unpaired) electrons. The Hall–Kier alpha value is -0.960. The van der Waals surface area contributed by atoms with Crippen LogP contribution in [0.1, 0.15) is 33.1 Å². The van der Waals surface area contributed by atoms with Crippen molar-refractivity contribution in [1.82, 2.24) is 14.4 Å². The fourth-order valence-corrected chi connectivity index (χ4v) is 5.39. The van der Waals surface area contributed by atoms with Crippen molar-refractivity contribution < 1.29 is 5.11 Å². The first kappa shape index (κ1) is 26.6. The molecule has 1 aromatic heterocycles. The molecule has 3 N–H and O–H groups in total. The van der Waals surface area contributed by atoms with Crippen LogP contribution in [0.2, 0.25) is 0 Å². The van der Waals surface area contributed by atoms with Crippen LogP contribution in [-0.4, -0.2) is 71.4 Å². The predicted octanol–water partition coefficient (Wildman–Crippen LogP) is 5.45. The molecule has 7 heteroatoms. The number of aliphatic hydroxyl groups is 1. The molecule has 33 heavy (non-hydrogen) atoms. The van der Waals surface area contributed by atoms with Gasteiger partial charge in [-0.05, 0) is 62.3 Å². The van der Waals surface area contributed by atoms with E-state index in [4.69, 9.17) is 5.73 Å². The van der Waals surface area contributed by atoms with Gasteiger partial charge in [0, 0.05) is 63.5 Å². The average Bonchev–Trinajstić information content (AvgIpc) is 3.11. The van der Waals surface area contributed by atoms with Crippen LogP contribution in [0.5, 0.6) is 0 Å². The highest BCUT2D eigenvalue weighted by molar-refractivity contribution is 9.10. The summed E-state index contributed by atoms with van der Waals surface area (Å²) < 4.78 is 4.41. The summed E-state index contributed by atoms with van der Waals surface area (Å²) in [5, 5.41) is 13.4. The van der Waals surface area contributed by atoms with Crippen molar-refractivity contribution in [2.45, 2.75) is 45.8 Å². The second-order valence-electron chi connectivity index (χ2n) is 8.58. The number of fused-ring (bicyclic) bond motifs is 3. The van der Waals surface area contributed by atoms with Crippen molar-refractivity contribution in [3.63, 3.8) is 0 Å². The van der Waals surface area contributed by atoms with Gasteiger partial charge in [-0.2, -0.15) is 0 Å². The molecule has 3 aromatic rings. The maximum absolute atomic E-state index is 11.0. The van der Waals surface area contributed by atoms with Crippen LogP contribution >= 0.6 is 31.9 Å². The lowest BCUT2D eigenvalue weighted by Gasteiger charge is -2.35. The van der Waals surface area contributed by atoms with Crippen molar-refractivity contribution >= 4 is 53.7 Å². The van der Waals surface area contributed by atoms with Crippen LogP contribution in [0, 0.1) is 0 Å². The number of unbranched alkanes of at least 4 members (excludes halogenated alkanes) is 2. The number of piperazine rings is 1. The summed E-state index contributed by atoms with van der Waals surface area (Å²) in [7, 11) is 0. The van der Waals surface area contributed by atoms with Gasteiger partial charge >= 0.3 is 0 Å². The van der Waals surface area contributed by atoms with E-state index in [0.717, 1.165) is 65.7 Å². The van der Waals surface area contributed by atoms with Crippen molar-refractivity contribution in [3.8, 4) is 0 Å². The van der Waals surface area contributed by atoms with Gasteiger partial charge in [0.05, 0.1) is 12.6 Å². The number of aromatic nitrogens is 1. The maximum atomic E-state index is 11.0. The van der Waals surface area contributed by atoms with Gasteiger partial charge in [-0.1, -0.05) is 52.1 Å². The predicted molar refractivity (Wildman–Crippen MR) is 148 cm³/mol. The molecule has 4 rings (SSSR count). The summed E-state index contributed by atoms with van der Waals surface area (Å²) >= 11 is 7.21. The molecule has 0 aliphatic carbocycles. The summed E-state index contributed by atoms with van der Waals surface area (Å²) in [6.07, 6.45) is 3.19. The van der Waals surface area contributed by atoms with Gasteiger partial charge < -0.3 is 20.3 Å². The number of rotatable bonds is 9. The van der Waals surface area contributed by atoms with E-state index in [2.05, 4.69) is 82.6 Å². The molecule has 0 saturated carbocycles. The second kappa shape index (κ2) is 13.2. The van der Waals surface area contributed by atoms with Gasteiger partial charge in [-0.25, -0.2) is 0 Å². The summed E-state index contributed by atoms with van der Waals surface area (Å²) in [6, 6.07) is 12.8. The lowest BCUT2D eigenvalue weighted by molar-refractivity contribution is 0.0651. The molecule has 1 saturated heterocycles. The second-order valence-corrected chi connectivity index (χ2v) is 10.4. The lowest BCUT2D eigenvalue weighted by atomic mass is 10.2. The van der Waals surface area contributed by atoms with E-state index in [-0.39, 0.29) is 0 Å². The van der Waals surface area contributed by atoms with Crippen molar-refractivity contribution in [2.24, 2.45) is 5.73 Å². The van der Waals surface area contributed by atoms with E-state index >= 15 is 0 Å². The Kier molecular flexibility index (Phi) is 10.7. The molecule has 1 aliphatic heterocycles. The van der Waals surface area contributed by atoms with Crippen molar-refractivity contribution in [2.75, 3.05) is 45.8 Å². The van der Waals surface area contributed by atoms with Gasteiger partial charge in [0.2, 0.25) is 0 Å². The molecule has 0 spiro atoms. The summed E-state index contributed by atoms with van der Waals surface area (Å²) in [6.45, 7) is 11.5. The SMILES string of the molecule is CC.NCCCCCN1CCN(CC(O)Cn2c3ccc(Br)cc3c3cc(Br)ccc32)CC1. The van der Waals surface area contributed by atoms with Crippen molar-refractivity contribution in [3.05, 3.63) is 45.3 Å². The quantitative estimate of drug-likeness (QED) is 0.330. The number of nitrogens with zero attached hydrogens (tertiary/aromatic N) is 3. The Labute approximate surface area is 215 Å². The van der Waals surface area contributed by atoms with E-state index in [1.54, 1.807) is 0 Å². The zero-order valence-electron chi connectivity index (χ0n) is 19.9. The van der Waals surface area contributed by atoms with Gasteiger partial charge in [0.25, 0.3) is 0 Å². The van der Waals surface area contributed by atoms with E-state index in [9.17, 15) is 5.11 Å². The van der Waals surface area contributed by atoms with E-state index in [0.29, 0.717) is 6.54 Å². The van der Waals surface area contributed by atoms with E-state index in [1.807, 2.05) is 13.8 Å². The van der Waals surface area contributed by atoms with Crippen LogP contribution in [-0.2, 0) is 6.54 Å². The number of benzene rings is 2. The fourth-order valence-electron chi connectivity index (χ4n) is 4.66. The zero-order chi connectivity index (χ0) is 23.8. The van der Waals surface area contributed by atoms with Crippen LogP contribution in [0.3, 0.4) is 0 Å².